The number of ketones is 1. The number of hydrogen-bond acceptors (Lipinski definition) is 3. The number of anilines is 1. The van der Waals surface area contributed by atoms with Crippen LogP contribution in [-0.2, 0) is 15.0 Å². The maximum Gasteiger partial charge on any atom is 0.236 e. The van der Waals surface area contributed by atoms with Crippen molar-refractivity contribution in [2.75, 3.05) is 5.32 Å². The lowest BCUT2D eigenvalue weighted by molar-refractivity contribution is -0.127. The standard InChI is InChI=1S/C33H38Cl2FNO3/c1-31(2)12-14-32(15-13-31)18-23(27(39)16-19-6-9-21(38)10-7-19)28(22-4-3-5-25(35)29(22)36)33(32)24-11-8-20(34)17-26(24)37-30(33)40/h3-5,8,11,17,19,21,23,28,38H,6-7,9-10,12-16,18H2,1-2H3,(H,37,40)/t19?,21?,23-,28-,33+/m0/s1. The molecular weight excluding hydrogens is 548 g/mol. The van der Waals surface area contributed by atoms with Crippen molar-refractivity contribution in [1.82, 2.24) is 0 Å². The van der Waals surface area contributed by atoms with Crippen molar-refractivity contribution in [2.45, 2.75) is 95.5 Å². The molecule has 1 amide bonds. The van der Waals surface area contributed by atoms with Gasteiger partial charge in [0, 0.05) is 29.0 Å². The summed E-state index contributed by atoms with van der Waals surface area (Å²) < 4.78 is 16.1. The second-order valence-corrected chi connectivity index (χ2v) is 14.5. The Morgan fingerprint density at radius 2 is 1.75 bits per heavy atom. The highest BCUT2D eigenvalue weighted by Crippen LogP contribution is 2.72. The van der Waals surface area contributed by atoms with Gasteiger partial charge in [0.2, 0.25) is 5.91 Å². The lowest BCUT2D eigenvalue weighted by Crippen LogP contribution is -2.52. The second kappa shape index (κ2) is 10.1. The van der Waals surface area contributed by atoms with Crippen LogP contribution in [0.25, 0.3) is 0 Å². The van der Waals surface area contributed by atoms with Crippen molar-refractivity contribution in [1.29, 1.82) is 0 Å². The molecule has 7 heteroatoms. The molecular formula is C33H38Cl2FNO3. The smallest absolute Gasteiger partial charge is 0.236 e. The summed E-state index contributed by atoms with van der Waals surface area (Å²) >= 11 is 12.7. The van der Waals surface area contributed by atoms with E-state index in [-0.39, 0.29) is 34.1 Å². The molecule has 4 nitrogen and oxygen atoms in total. The molecule has 3 fully saturated rings. The van der Waals surface area contributed by atoms with Gasteiger partial charge in [0.25, 0.3) is 0 Å². The Kier molecular flexibility index (Phi) is 7.12. The monoisotopic (exact) mass is 585 g/mol. The van der Waals surface area contributed by atoms with Gasteiger partial charge in [0.1, 0.15) is 11.6 Å². The van der Waals surface area contributed by atoms with Gasteiger partial charge in [0.15, 0.2) is 0 Å². The summed E-state index contributed by atoms with van der Waals surface area (Å²) in [6.45, 7) is 4.52. The van der Waals surface area contributed by atoms with Crippen molar-refractivity contribution in [3.63, 3.8) is 0 Å². The number of hydrogen-bond donors (Lipinski definition) is 2. The molecule has 2 spiro atoms. The highest BCUT2D eigenvalue weighted by atomic mass is 35.5. The maximum absolute atomic E-state index is 16.1. The van der Waals surface area contributed by atoms with Crippen LogP contribution >= 0.6 is 23.2 Å². The first kappa shape index (κ1) is 28.2. The third-order valence-electron chi connectivity index (χ3n) is 10.9. The summed E-state index contributed by atoms with van der Waals surface area (Å²) in [6, 6.07) is 10.5. The minimum atomic E-state index is -1.11. The number of Topliss-reactive ketones (excluding diaryl/α,β-unsaturated/α-hetero) is 1. The fourth-order valence-corrected chi connectivity index (χ4v) is 9.13. The van der Waals surface area contributed by atoms with Gasteiger partial charge >= 0.3 is 0 Å². The van der Waals surface area contributed by atoms with E-state index in [1.54, 1.807) is 24.3 Å². The average molecular weight is 587 g/mol. The Balaban J connectivity index is 1.54. The fraction of sp³-hybridized carbons (Fsp3) is 0.576. The fourth-order valence-electron chi connectivity index (χ4n) is 8.77. The molecule has 1 aliphatic heterocycles. The molecule has 2 aromatic carbocycles. The molecule has 40 heavy (non-hydrogen) atoms. The molecule has 3 aliphatic carbocycles. The van der Waals surface area contributed by atoms with Crippen LogP contribution in [0.2, 0.25) is 10.0 Å². The third kappa shape index (κ3) is 4.34. The van der Waals surface area contributed by atoms with Gasteiger partial charge in [0.05, 0.1) is 16.5 Å². The zero-order chi connectivity index (χ0) is 28.4. The first-order valence-electron chi connectivity index (χ1n) is 14.7. The summed E-state index contributed by atoms with van der Waals surface area (Å²) in [7, 11) is 0. The lowest BCUT2D eigenvalue weighted by Gasteiger charge is -2.51. The first-order chi connectivity index (χ1) is 19.0. The number of aliphatic hydroxyl groups excluding tert-OH is 1. The number of fused-ring (bicyclic) bond motifs is 3. The van der Waals surface area contributed by atoms with Crippen molar-refractivity contribution >= 4 is 40.6 Å². The van der Waals surface area contributed by atoms with Crippen LogP contribution in [0, 0.1) is 28.5 Å². The lowest BCUT2D eigenvalue weighted by atomic mass is 9.51. The van der Waals surface area contributed by atoms with Crippen molar-refractivity contribution in [2.24, 2.45) is 22.7 Å². The Morgan fingerprint density at radius 1 is 1.05 bits per heavy atom. The van der Waals surface area contributed by atoms with Crippen molar-refractivity contribution in [3.8, 4) is 0 Å². The first-order valence-corrected chi connectivity index (χ1v) is 15.5. The van der Waals surface area contributed by atoms with Crippen molar-refractivity contribution in [3.05, 3.63) is 63.4 Å². The van der Waals surface area contributed by atoms with Gasteiger partial charge in [-0.25, -0.2) is 4.39 Å². The molecule has 0 radical (unpaired) electrons. The summed E-state index contributed by atoms with van der Waals surface area (Å²) in [4.78, 5) is 28.9. The van der Waals surface area contributed by atoms with E-state index in [4.69, 9.17) is 23.2 Å². The van der Waals surface area contributed by atoms with Gasteiger partial charge in [-0.3, -0.25) is 9.59 Å². The van der Waals surface area contributed by atoms with Crippen LogP contribution in [0.15, 0.2) is 36.4 Å². The highest BCUT2D eigenvalue weighted by Gasteiger charge is 2.72. The number of aliphatic hydroxyl groups is 1. The van der Waals surface area contributed by atoms with Crippen LogP contribution in [0.1, 0.15) is 95.1 Å². The van der Waals surface area contributed by atoms with E-state index < -0.39 is 28.5 Å². The molecule has 2 N–H and O–H groups in total. The minimum Gasteiger partial charge on any atom is -0.393 e. The van der Waals surface area contributed by atoms with E-state index in [2.05, 4.69) is 19.2 Å². The minimum absolute atomic E-state index is 0.000536. The van der Waals surface area contributed by atoms with Crippen LogP contribution in [-0.4, -0.2) is 22.9 Å². The second-order valence-electron chi connectivity index (χ2n) is 13.7. The van der Waals surface area contributed by atoms with E-state index in [1.807, 2.05) is 6.07 Å². The number of rotatable bonds is 4. The number of halogens is 3. The van der Waals surface area contributed by atoms with Gasteiger partial charge in [-0.2, -0.15) is 0 Å². The Hall–Kier alpha value is -1.95. The molecule has 0 unspecified atom stereocenters. The molecule has 1 heterocycles. The summed E-state index contributed by atoms with van der Waals surface area (Å²) in [5.74, 6) is -1.62. The zero-order valence-electron chi connectivity index (χ0n) is 23.2. The van der Waals surface area contributed by atoms with Crippen LogP contribution in [0.3, 0.4) is 0 Å². The predicted molar refractivity (Wildman–Crippen MR) is 156 cm³/mol. The van der Waals surface area contributed by atoms with Gasteiger partial charge in [-0.05, 0) is 104 Å². The average Bonchev–Trinajstić information content (AvgIpc) is 3.37. The number of nitrogens with one attached hydrogen (secondary N) is 1. The van der Waals surface area contributed by atoms with E-state index >= 15 is 4.39 Å². The Labute approximate surface area is 246 Å². The van der Waals surface area contributed by atoms with Gasteiger partial charge in [-0.1, -0.05) is 55.2 Å². The SMILES string of the molecule is CC1(C)CCC2(CC1)C[C@@H](C(=O)CC1CCC(O)CC1)[C@H](c1cccc(Cl)c1F)[C@]21C(=O)Nc2cc(Cl)ccc21. The zero-order valence-corrected chi connectivity index (χ0v) is 24.8. The van der Waals surface area contributed by atoms with Crippen LogP contribution in [0.5, 0.6) is 0 Å². The normalized spacial score (nSPS) is 32.3. The maximum atomic E-state index is 16.1. The topological polar surface area (TPSA) is 66.4 Å². The van der Waals surface area contributed by atoms with Gasteiger partial charge < -0.3 is 10.4 Å². The van der Waals surface area contributed by atoms with Gasteiger partial charge in [-0.15, -0.1) is 0 Å². The van der Waals surface area contributed by atoms with Crippen LogP contribution in [0.4, 0.5) is 10.1 Å². The van der Waals surface area contributed by atoms with E-state index in [0.29, 0.717) is 42.0 Å². The largest absolute Gasteiger partial charge is 0.393 e. The molecule has 0 bridgehead atoms. The van der Waals surface area contributed by atoms with E-state index in [0.717, 1.165) is 44.1 Å². The summed E-state index contributed by atoms with van der Waals surface area (Å²) in [5.41, 5.74) is 0.341. The molecule has 214 valence electrons. The number of benzene rings is 2. The predicted octanol–water partition coefficient (Wildman–Crippen LogP) is 8.22. The molecule has 3 atom stereocenters. The quantitative estimate of drug-likeness (QED) is 0.379. The Bertz CT molecular complexity index is 1340. The van der Waals surface area contributed by atoms with E-state index in [1.165, 1.54) is 6.07 Å². The third-order valence-corrected chi connectivity index (χ3v) is 11.5. The molecule has 0 aromatic heterocycles. The molecule has 3 saturated carbocycles. The van der Waals surface area contributed by atoms with E-state index in [9.17, 15) is 14.7 Å². The highest BCUT2D eigenvalue weighted by molar-refractivity contribution is 6.31. The molecule has 4 aliphatic rings. The summed E-state index contributed by atoms with van der Waals surface area (Å²) in [6.07, 6.45) is 7.09. The number of carbonyl (C=O) groups excluding carboxylic acids is 2. The van der Waals surface area contributed by atoms with Crippen LogP contribution < -0.4 is 5.32 Å². The molecule has 0 saturated heterocycles. The number of carbonyl (C=O) groups is 2. The Morgan fingerprint density at radius 3 is 2.45 bits per heavy atom. The molecule has 6 rings (SSSR count). The van der Waals surface area contributed by atoms with Crippen molar-refractivity contribution < 1.29 is 19.1 Å². The summed E-state index contributed by atoms with van der Waals surface area (Å²) in [5, 5.41) is 13.7. The molecule has 2 aromatic rings. The number of amides is 1.